The average Bonchev–Trinajstić information content (AvgIpc) is 3.29. The molecule has 0 bridgehead atoms. The van der Waals surface area contributed by atoms with Crippen molar-refractivity contribution in [1.82, 2.24) is 9.80 Å². The van der Waals surface area contributed by atoms with Gasteiger partial charge in [-0.05, 0) is 49.7 Å². The molecular formula is C26H32N2O3. The number of carbonyl (C=O) groups excluding carboxylic acids is 3. The predicted molar refractivity (Wildman–Crippen MR) is 121 cm³/mol. The Morgan fingerprint density at radius 1 is 1.03 bits per heavy atom. The molecule has 1 aliphatic heterocycles. The Balaban J connectivity index is 1.66. The highest BCUT2D eigenvalue weighted by Crippen LogP contribution is 2.51. The van der Waals surface area contributed by atoms with E-state index in [1.807, 2.05) is 4.90 Å². The van der Waals surface area contributed by atoms with E-state index in [1.54, 1.807) is 36.4 Å². The molecule has 3 aliphatic rings. The minimum Gasteiger partial charge on any atom is -0.334 e. The molecule has 5 nitrogen and oxygen atoms in total. The number of amides is 3. The SMILES string of the molecule is C=CCC(C(=O)N(CC=C)C1CCCC12CCCCC2)N1C(=O)c2ccccc2C1=O. The van der Waals surface area contributed by atoms with Gasteiger partial charge < -0.3 is 4.90 Å². The summed E-state index contributed by atoms with van der Waals surface area (Å²) >= 11 is 0. The van der Waals surface area contributed by atoms with Crippen LogP contribution in [0.1, 0.15) is 78.5 Å². The van der Waals surface area contributed by atoms with E-state index in [0.29, 0.717) is 17.7 Å². The van der Waals surface area contributed by atoms with Crippen LogP contribution in [0.3, 0.4) is 0 Å². The lowest BCUT2D eigenvalue weighted by Crippen LogP contribution is -2.56. The number of nitrogens with zero attached hydrogens (tertiary/aromatic N) is 2. The smallest absolute Gasteiger partial charge is 0.262 e. The van der Waals surface area contributed by atoms with Gasteiger partial charge in [-0.25, -0.2) is 0 Å². The first kappa shape index (κ1) is 21.5. The molecule has 2 saturated carbocycles. The molecule has 1 heterocycles. The Morgan fingerprint density at radius 2 is 1.65 bits per heavy atom. The van der Waals surface area contributed by atoms with E-state index >= 15 is 0 Å². The molecule has 0 N–H and O–H groups in total. The second-order valence-corrected chi connectivity index (χ2v) is 9.18. The van der Waals surface area contributed by atoms with Crippen molar-refractivity contribution >= 4 is 17.7 Å². The van der Waals surface area contributed by atoms with Gasteiger partial charge in [-0.2, -0.15) is 0 Å². The summed E-state index contributed by atoms with van der Waals surface area (Å²) in [5, 5.41) is 0. The molecule has 1 aromatic rings. The van der Waals surface area contributed by atoms with E-state index in [0.717, 1.165) is 37.0 Å². The molecule has 1 spiro atoms. The van der Waals surface area contributed by atoms with Crippen molar-refractivity contribution < 1.29 is 14.4 Å². The first-order valence-electron chi connectivity index (χ1n) is 11.5. The fourth-order valence-corrected chi connectivity index (χ4v) is 6.11. The van der Waals surface area contributed by atoms with Crippen LogP contribution in [0.2, 0.25) is 0 Å². The Morgan fingerprint density at radius 3 is 2.23 bits per heavy atom. The van der Waals surface area contributed by atoms with Gasteiger partial charge in [-0.15, -0.1) is 13.2 Å². The predicted octanol–water partition coefficient (Wildman–Crippen LogP) is 4.74. The summed E-state index contributed by atoms with van der Waals surface area (Å²) in [7, 11) is 0. The first-order chi connectivity index (χ1) is 15.0. The second-order valence-electron chi connectivity index (χ2n) is 9.18. The molecular weight excluding hydrogens is 388 g/mol. The molecule has 3 amide bonds. The highest BCUT2D eigenvalue weighted by molar-refractivity contribution is 6.22. The van der Waals surface area contributed by atoms with Crippen LogP contribution < -0.4 is 0 Å². The largest absolute Gasteiger partial charge is 0.334 e. The van der Waals surface area contributed by atoms with E-state index in [-0.39, 0.29) is 23.8 Å². The van der Waals surface area contributed by atoms with Crippen LogP contribution in [0, 0.1) is 5.41 Å². The lowest BCUT2D eigenvalue weighted by Gasteiger charge is -2.45. The van der Waals surface area contributed by atoms with Gasteiger partial charge in [0.1, 0.15) is 6.04 Å². The highest BCUT2D eigenvalue weighted by atomic mass is 16.2. The zero-order valence-electron chi connectivity index (χ0n) is 18.2. The van der Waals surface area contributed by atoms with Gasteiger partial charge in [-0.3, -0.25) is 19.3 Å². The van der Waals surface area contributed by atoms with Crippen LogP contribution in [0.5, 0.6) is 0 Å². The van der Waals surface area contributed by atoms with E-state index in [4.69, 9.17) is 0 Å². The lowest BCUT2D eigenvalue weighted by atomic mass is 9.70. The number of imide groups is 1. The summed E-state index contributed by atoms with van der Waals surface area (Å²) in [5.41, 5.74) is 0.904. The van der Waals surface area contributed by atoms with Crippen LogP contribution in [-0.4, -0.2) is 46.1 Å². The monoisotopic (exact) mass is 420 g/mol. The van der Waals surface area contributed by atoms with Crippen LogP contribution in [0.25, 0.3) is 0 Å². The maximum absolute atomic E-state index is 13.9. The van der Waals surface area contributed by atoms with Gasteiger partial charge in [-0.1, -0.05) is 50.0 Å². The van der Waals surface area contributed by atoms with Crippen molar-refractivity contribution in [3.8, 4) is 0 Å². The third-order valence-corrected chi connectivity index (χ3v) is 7.51. The number of carbonyl (C=O) groups is 3. The van der Waals surface area contributed by atoms with E-state index < -0.39 is 17.9 Å². The van der Waals surface area contributed by atoms with Crippen molar-refractivity contribution in [2.75, 3.05) is 6.54 Å². The Kier molecular flexibility index (Phi) is 6.12. The van der Waals surface area contributed by atoms with Gasteiger partial charge in [0.25, 0.3) is 11.8 Å². The maximum Gasteiger partial charge on any atom is 0.262 e. The lowest BCUT2D eigenvalue weighted by molar-refractivity contribution is -0.140. The van der Waals surface area contributed by atoms with Gasteiger partial charge in [0.15, 0.2) is 0 Å². The third kappa shape index (κ3) is 3.64. The first-order valence-corrected chi connectivity index (χ1v) is 11.5. The number of fused-ring (bicyclic) bond motifs is 1. The fourth-order valence-electron chi connectivity index (χ4n) is 6.11. The number of benzene rings is 1. The summed E-state index contributed by atoms with van der Waals surface area (Å²) in [6.45, 7) is 8.12. The number of hydrogen-bond donors (Lipinski definition) is 0. The summed E-state index contributed by atoms with van der Waals surface area (Å²) in [5.74, 6) is -0.942. The summed E-state index contributed by atoms with van der Waals surface area (Å²) in [4.78, 5) is 43.2. The molecule has 164 valence electrons. The molecule has 0 radical (unpaired) electrons. The fraction of sp³-hybridized carbons (Fsp3) is 0.500. The molecule has 2 fully saturated rings. The van der Waals surface area contributed by atoms with Crippen molar-refractivity contribution in [2.24, 2.45) is 5.41 Å². The average molecular weight is 421 g/mol. The van der Waals surface area contributed by atoms with Crippen molar-refractivity contribution in [1.29, 1.82) is 0 Å². The van der Waals surface area contributed by atoms with Gasteiger partial charge in [0.05, 0.1) is 11.1 Å². The summed E-state index contributed by atoms with van der Waals surface area (Å²) in [6.07, 6.45) is 12.9. The second kappa shape index (κ2) is 8.81. The molecule has 0 saturated heterocycles. The Bertz CT molecular complexity index is 865. The van der Waals surface area contributed by atoms with Gasteiger partial charge >= 0.3 is 0 Å². The summed E-state index contributed by atoms with van der Waals surface area (Å²) < 4.78 is 0. The molecule has 0 aromatic heterocycles. The van der Waals surface area contributed by atoms with Gasteiger partial charge in [0.2, 0.25) is 5.91 Å². The normalized spacial score (nSPS) is 23.0. The van der Waals surface area contributed by atoms with E-state index in [9.17, 15) is 14.4 Å². The topological polar surface area (TPSA) is 57.7 Å². The Labute approximate surface area is 184 Å². The minimum absolute atomic E-state index is 0.140. The zero-order valence-corrected chi connectivity index (χ0v) is 18.2. The molecule has 5 heteroatoms. The quantitative estimate of drug-likeness (QED) is 0.473. The third-order valence-electron chi connectivity index (χ3n) is 7.51. The van der Waals surface area contributed by atoms with Crippen molar-refractivity contribution in [3.05, 3.63) is 60.7 Å². The number of hydrogen-bond acceptors (Lipinski definition) is 3. The van der Waals surface area contributed by atoms with E-state index in [2.05, 4.69) is 13.2 Å². The van der Waals surface area contributed by atoms with Crippen LogP contribution in [0.4, 0.5) is 0 Å². The molecule has 2 aliphatic carbocycles. The highest BCUT2D eigenvalue weighted by Gasteiger charge is 2.50. The zero-order chi connectivity index (χ0) is 22.0. The molecule has 2 unspecified atom stereocenters. The molecule has 2 atom stereocenters. The Hall–Kier alpha value is -2.69. The molecule has 31 heavy (non-hydrogen) atoms. The standard InChI is InChI=1S/C26H32N2O3/c1-3-11-21(28-23(29)19-12-6-7-13-20(19)24(28)30)25(31)27(18-4-2)22-14-10-17-26(22)15-8-5-9-16-26/h3-4,6-7,12-13,21-22H,1-2,5,8-11,14-18H2. The van der Waals surface area contributed by atoms with Crippen molar-refractivity contribution in [2.45, 2.75) is 69.9 Å². The molecule has 4 rings (SSSR count). The number of rotatable bonds is 7. The maximum atomic E-state index is 13.9. The van der Waals surface area contributed by atoms with E-state index in [1.165, 1.54) is 19.3 Å². The van der Waals surface area contributed by atoms with Crippen LogP contribution >= 0.6 is 0 Å². The van der Waals surface area contributed by atoms with Crippen LogP contribution in [0.15, 0.2) is 49.6 Å². The minimum atomic E-state index is -0.869. The van der Waals surface area contributed by atoms with Crippen LogP contribution in [-0.2, 0) is 4.79 Å². The molecule has 1 aromatic carbocycles. The van der Waals surface area contributed by atoms with Crippen molar-refractivity contribution in [3.63, 3.8) is 0 Å². The summed E-state index contributed by atoms with van der Waals surface area (Å²) in [6, 6.07) is 6.06. The van der Waals surface area contributed by atoms with Gasteiger partial charge in [0, 0.05) is 12.6 Å².